The summed E-state index contributed by atoms with van der Waals surface area (Å²) < 4.78 is 11.2. The maximum absolute atomic E-state index is 11.5. The van der Waals surface area contributed by atoms with Gasteiger partial charge in [-0.25, -0.2) is 4.99 Å². The standard InChI is InChI=1S/C23H32N4O3.HI/c1-3-24-22(28)18-30-21-12-8-11-20(15-21)16-27-23(25-4-2)26-13-14-29-17-19-9-6-5-7-10-19;/h5-12,15H,3-4,13-14,16-18H2,1-2H3,(H,24,28)(H2,25,26,27);1H. The second-order valence-electron chi connectivity index (χ2n) is 6.55. The summed E-state index contributed by atoms with van der Waals surface area (Å²) in [5, 5.41) is 9.21. The van der Waals surface area contributed by atoms with Crippen molar-refractivity contribution in [3.05, 3.63) is 65.7 Å². The van der Waals surface area contributed by atoms with Crippen LogP contribution in [0.5, 0.6) is 5.75 Å². The van der Waals surface area contributed by atoms with Crippen molar-refractivity contribution >= 4 is 35.8 Å². The molecule has 31 heavy (non-hydrogen) atoms. The molecule has 0 aliphatic carbocycles. The third-order valence-corrected chi connectivity index (χ3v) is 4.06. The Balaban J connectivity index is 0.00000480. The van der Waals surface area contributed by atoms with Crippen LogP contribution in [0.2, 0.25) is 0 Å². The quantitative estimate of drug-likeness (QED) is 0.167. The van der Waals surface area contributed by atoms with E-state index in [-0.39, 0.29) is 36.5 Å². The molecule has 0 fully saturated rings. The zero-order valence-corrected chi connectivity index (χ0v) is 20.6. The van der Waals surface area contributed by atoms with Crippen LogP contribution in [0, 0.1) is 0 Å². The molecule has 8 heteroatoms. The van der Waals surface area contributed by atoms with E-state index in [2.05, 4.69) is 20.9 Å². The predicted octanol–water partition coefficient (Wildman–Crippen LogP) is 3.09. The maximum atomic E-state index is 11.5. The third-order valence-electron chi connectivity index (χ3n) is 4.06. The summed E-state index contributed by atoms with van der Waals surface area (Å²) in [7, 11) is 0. The Kier molecular flexibility index (Phi) is 14.1. The smallest absolute Gasteiger partial charge is 0.257 e. The molecular formula is C23H33IN4O3. The van der Waals surface area contributed by atoms with Gasteiger partial charge in [-0.1, -0.05) is 42.5 Å². The van der Waals surface area contributed by atoms with Crippen molar-refractivity contribution in [3.8, 4) is 5.75 Å². The molecule has 0 spiro atoms. The molecule has 170 valence electrons. The zero-order valence-electron chi connectivity index (χ0n) is 18.2. The molecule has 7 nitrogen and oxygen atoms in total. The molecular weight excluding hydrogens is 507 g/mol. The number of hydrogen-bond acceptors (Lipinski definition) is 4. The van der Waals surface area contributed by atoms with Crippen LogP contribution < -0.4 is 20.7 Å². The molecule has 0 radical (unpaired) electrons. The van der Waals surface area contributed by atoms with Crippen LogP contribution in [0.25, 0.3) is 0 Å². The fourth-order valence-corrected chi connectivity index (χ4v) is 2.65. The average molecular weight is 540 g/mol. The van der Waals surface area contributed by atoms with E-state index in [1.54, 1.807) is 0 Å². The lowest BCUT2D eigenvalue weighted by atomic mass is 10.2. The summed E-state index contributed by atoms with van der Waals surface area (Å²) in [6.45, 7) is 7.62. The Bertz CT molecular complexity index is 787. The number of likely N-dealkylation sites (N-methyl/N-ethyl adjacent to an activating group) is 1. The van der Waals surface area contributed by atoms with Crippen LogP contribution in [-0.2, 0) is 22.7 Å². The lowest BCUT2D eigenvalue weighted by Gasteiger charge is -2.12. The van der Waals surface area contributed by atoms with Gasteiger partial charge in [0.05, 0.1) is 19.8 Å². The summed E-state index contributed by atoms with van der Waals surface area (Å²) in [6.07, 6.45) is 0. The van der Waals surface area contributed by atoms with E-state index in [4.69, 9.17) is 9.47 Å². The SMILES string of the molecule is CCNC(=O)COc1cccc(CN=C(NCC)NCCOCc2ccccc2)c1.I. The number of amides is 1. The maximum Gasteiger partial charge on any atom is 0.257 e. The van der Waals surface area contributed by atoms with E-state index in [0.29, 0.717) is 38.6 Å². The summed E-state index contributed by atoms with van der Waals surface area (Å²) >= 11 is 0. The molecule has 0 unspecified atom stereocenters. The minimum Gasteiger partial charge on any atom is -0.484 e. The highest BCUT2D eigenvalue weighted by atomic mass is 127. The molecule has 2 aromatic carbocycles. The van der Waals surface area contributed by atoms with E-state index >= 15 is 0 Å². The second-order valence-corrected chi connectivity index (χ2v) is 6.55. The van der Waals surface area contributed by atoms with E-state index in [0.717, 1.165) is 23.6 Å². The van der Waals surface area contributed by atoms with Gasteiger partial charge in [-0.3, -0.25) is 4.79 Å². The number of carbonyl (C=O) groups excluding carboxylic acids is 1. The molecule has 0 heterocycles. The second kappa shape index (κ2) is 16.4. The molecule has 1 amide bonds. The highest BCUT2D eigenvalue weighted by molar-refractivity contribution is 14.0. The lowest BCUT2D eigenvalue weighted by Crippen LogP contribution is -2.38. The number of benzene rings is 2. The monoisotopic (exact) mass is 540 g/mol. The minimum absolute atomic E-state index is 0. The van der Waals surface area contributed by atoms with E-state index in [1.165, 1.54) is 0 Å². The third kappa shape index (κ3) is 11.6. The van der Waals surface area contributed by atoms with Crippen molar-refractivity contribution in [1.82, 2.24) is 16.0 Å². The Morgan fingerprint density at radius 3 is 2.42 bits per heavy atom. The lowest BCUT2D eigenvalue weighted by molar-refractivity contribution is -0.122. The van der Waals surface area contributed by atoms with Crippen LogP contribution in [0.1, 0.15) is 25.0 Å². The average Bonchev–Trinajstić information content (AvgIpc) is 2.77. The molecule has 2 rings (SSSR count). The van der Waals surface area contributed by atoms with Gasteiger partial charge in [-0.2, -0.15) is 0 Å². The van der Waals surface area contributed by atoms with Gasteiger partial charge in [-0.05, 0) is 37.1 Å². The minimum atomic E-state index is -0.131. The molecule has 0 aromatic heterocycles. The first-order valence-corrected chi connectivity index (χ1v) is 10.3. The Morgan fingerprint density at radius 1 is 0.935 bits per heavy atom. The number of guanidine groups is 1. The first-order valence-electron chi connectivity index (χ1n) is 10.3. The number of nitrogens with one attached hydrogen (secondary N) is 3. The van der Waals surface area contributed by atoms with Gasteiger partial charge in [-0.15, -0.1) is 24.0 Å². The molecule has 3 N–H and O–H groups in total. The largest absolute Gasteiger partial charge is 0.484 e. The van der Waals surface area contributed by atoms with Crippen LogP contribution in [0.15, 0.2) is 59.6 Å². The van der Waals surface area contributed by atoms with Crippen molar-refractivity contribution in [2.24, 2.45) is 4.99 Å². The van der Waals surface area contributed by atoms with Crippen LogP contribution >= 0.6 is 24.0 Å². The first kappa shape index (κ1) is 26.7. The molecule has 0 atom stereocenters. The van der Waals surface area contributed by atoms with E-state index in [1.807, 2.05) is 68.4 Å². The number of aliphatic imine (C=N–C) groups is 1. The van der Waals surface area contributed by atoms with Gasteiger partial charge in [0.1, 0.15) is 5.75 Å². The molecule has 0 aliphatic heterocycles. The fraction of sp³-hybridized carbons (Fsp3) is 0.391. The fourth-order valence-electron chi connectivity index (χ4n) is 2.65. The predicted molar refractivity (Wildman–Crippen MR) is 135 cm³/mol. The van der Waals surface area contributed by atoms with Gasteiger partial charge in [0.2, 0.25) is 0 Å². The van der Waals surface area contributed by atoms with Gasteiger partial charge < -0.3 is 25.4 Å². The number of carbonyl (C=O) groups is 1. The van der Waals surface area contributed by atoms with E-state index in [9.17, 15) is 4.79 Å². The van der Waals surface area contributed by atoms with Crippen molar-refractivity contribution in [3.63, 3.8) is 0 Å². The van der Waals surface area contributed by atoms with Crippen LogP contribution in [0.3, 0.4) is 0 Å². The number of ether oxygens (including phenoxy) is 2. The number of nitrogens with zero attached hydrogens (tertiary/aromatic N) is 1. The molecule has 0 bridgehead atoms. The summed E-state index contributed by atoms with van der Waals surface area (Å²) in [4.78, 5) is 16.1. The highest BCUT2D eigenvalue weighted by Gasteiger charge is 2.03. The van der Waals surface area contributed by atoms with Gasteiger partial charge >= 0.3 is 0 Å². The van der Waals surface area contributed by atoms with Gasteiger partial charge in [0.15, 0.2) is 12.6 Å². The Morgan fingerprint density at radius 2 is 1.68 bits per heavy atom. The van der Waals surface area contributed by atoms with Crippen molar-refractivity contribution < 1.29 is 14.3 Å². The first-order chi connectivity index (χ1) is 14.7. The normalized spacial score (nSPS) is 10.7. The van der Waals surface area contributed by atoms with Crippen LogP contribution in [-0.4, -0.2) is 44.7 Å². The van der Waals surface area contributed by atoms with Crippen molar-refractivity contribution in [1.29, 1.82) is 0 Å². The topological polar surface area (TPSA) is 84.0 Å². The number of rotatable bonds is 12. The summed E-state index contributed by atoms with van der Waals surface area (Å²) in [5.41, 5.74) is 2.16. The van der Waals surface area contributed by atoms with E-state index < -0.39 is 0 Å². The van der Waals surface area contributed by atoms with Crippen LogP contribution in [0.4, 0.5) is 0 Å². The summed E-state index contributed by atoms with van der Waals surface area (Å²) in [5.74, 6) is 1.25. The van der Waals surface area contributed by atoms with Gasteiger partial charge in [0.25, 0.3) is 5.91 Å². The molecule has 0 saturated heterocycles. The van der Waals surface area contributed by atoms with Gasteiger partial charge in [0, 0.05) is 19.6 Å². The highest BCUT2D eigenvalue weighted by Crippen LogP contribution is 2.14. The molecule has 2 aromatic rings. The summed E-state index contributed by atoms with van der Waals surface area (Å²) in [6, 6.07) is 17.7. The number of hydrogen-bond donors (Lipinski definition) is 3. The molecule has 0 aliphatic rings. The molecule has 0 saturated carbocycles. The Labute approximate surface area is 202 Å². The van der Waals surface area contributed by atoms with Crippen molar-refractivity contribution in [2.45, 2.75) is 27.0 Å². The zero-order chi connectivity index (χ0) is 21.4. The Hall–Kier alpha value is -2.33. The number of halogens is 1. The van der Waals surface area contributed by atoms with Crippen molar-refractivity contribution in [2.75, 3.05) is 32.8 Å².